The van der Waals surface area contributed by atoms with Crippen molar-refractivity contribution in [3.05, 3.63) is 248 Å². The molecule has 0 saturated heterocycles. The standard InChI is InChI=1S/C70H53N3/c1-4-16-46(17-5-1)47-30-33-52(34-31-47)71(66-28-15-29-67-69(66)56-23-11-13-26-63(56)72(67)50-18-6-2-7-19-50)53-35-37-64-59(44-53)68-54(24-14-27-65(68)73(64)51-20-8-3-9-21-51)48-32-36-61-58(42-48)55-22-10-12-25-60(55)70(61)39-38-45-40-49-43-62(70)57(49)41-45/h1-37,42,44-45,49,57,62H,38-41,43H2. The third kappa shape index (κ3) is 5.94. The quantitative estimate of drug-likeness (QED) is 0.155. The average Bonchev–Trinajstić information content (AvgIpc) is 4.14. The van der Waals surface area contributed by atoms with Gasteiger partial charge < -0.3 is 14.0 Å². The Kier molecular flexibility index (Phi) is 8.93. The van der Waals surface area contributed by atoms with Crippen LogP contribution in [0.15, 0.2) is 237 Å². The normalized spacial score (nSPS) is 20.4. The predicted octanol–water partition coefficient (Wildman–Crippen LogP) is 18.4. The summed E-state index contributed by atoms with van der Waals surface area (Å²) in [6, 6.07) is 88.7. The molecule has 2 bridgehead atoms. The van der Waals surface area contributed by atoms with E-state index in [0.29, 0.717) is 0 Å². The van der Waals surface area contributed by atoms with Crippen LogP contribution in [0.4, 0.5) is 17.1 Å². The SMILES string of the molecule is c1ccc(-c2ccc(N(c3ccc4c(c3)c3c(-c5ccc6c(c5)-c5ccccc5C65CCC6CC7CC5C7C6)cccc3n4-c3ccccc3)c3cccc4c3c3ccccc3n4-c3ccccc3)cc2)cc1. The average molecular weight is 936 g/mol. The fourth-order valence-corrected chi connectivity index (χ4v) is 15.2. The number of para-hydroxylation sites is 3. The molecule has 16 rings (SSSR count). The molecule has 2 aromatic heterocycles. The zero-order valence-corrected chi connectivity index (χ0v) is 40.7. The van der Waals surface area contributed by atoms with Crippen LogP contribution in [-0.2, 0) is 5.41 Å². The second-order valence-electron chi connectivity index (χ2n) is 21.6. The Hall–Kier alpha value is -8.40. The molecule has 3 nitrogen and oxygen atoms in total. The van der Waals surface area contributed by atoms with Crippen LogP contribution in [-0.4, -0.2) is 9.13 Å². The number of aromatic nitrogens is 2. The fraction of sp³-hybridized carbons (Fsp3) is 0.143. The highest BCUT2D eigenvalue weighted by Crippen LogP contribution is 2.69. The molecule has 0 amide bonds. The summed E-state index contributed by atoms with van der Waals surface area (Å²) in [6.45, 7) is 0. The minimum atomic E-state index is 0.129. The summed E-state index contributed by atoms with van der Waals surface area (Å²) in [5.74, 6) is 3.49. The van der Waals surface area contributed by atoms with Crippen molar-refractivity contribution in [2.24, 2.45) is 23.7 Å². The van der Waals surface area contributed by atoms with Crippen LogP contribution in [0.1, 0.15) is 43.2 Å². The summed E-state index contributed by atoms with van der Waals surface area (Å²) in [6.07, 6.45) is 6.96. The molecule has 5 unspecified atom stereocenters. The summed E-state index contributed by atoms with van der Waals surface area (Å²) >= 11 is 0. The first-order chi connectivity index (χ1) is 36.2. The maximum atomic E-state index is 2.58. The number of rotatable bonds is 7. The first kappa shape index (κ1) is 41.2. The van der Waals surface area contributed by atoms with Gasteiger partial charge in [-0.05, 0) is 185 Å². The molecule has 10 aromatic carbocycles. The van der Waals surface area contributed by atoms with E-state index in [1.165, 1.54) is 109 Å². The summed E-state index contributed by atoms with van der Waals surface area (Å²) in [7, 11) is 0. The van der Waals surface area contributed by atoms with Gasteiger partial charge in [-0.3, -0.25) is 0 Å². The Morgan fingerprint density at radius 2 is 1.00 bits per heavy atom. The lowest BCUT2D eigenvalue weighted by atomic mass is 9.51. The van der Waals surface area contributed by atoms with E-state index < -0.39 is 0 Å². The molecule has 3 fully saturated rings. The van der Waals surface area contributed by atoms with E-state index in [9.17, 15) is 0 Å². The van der Waals surface area contributed by atoms with Crippen molar-refractivity contribution in [1.29, 1.82) is 0 Å². The van der Waals surface area contributed by atoms with E-state index in [0.717, 1.165) is 52.1 Å². The molecule has 2 heterocycles. The number of hydrogen-bond donors (Lipinski definition) is 0. The van der Waals surface area contributed by atoms with Crippen molar-refractivity contribution in [3.8, 4) is 44.8 Å². The maximum absolute atomic E-state index is 2.58. The molecular weight excluding hydrogens is 883 g/mol. The van der Waals surface area contributed by atoms with Gasteiger partial charge in [-0.25, -0.2) is 0 Å². The Morgan fingerprint density at radius 1 is 0.397 bits per heavy atom. The van der Waals surface area contributed by atoms with Crippen LogP contribution in [0.3, 0.4) is 0 Å². The topological polar surface area (TPSA) is 13.1 Å². The number of nitrogens with zero attached hydrogens (tertiary/aromatic N) is 3. The van der Waals surface area contributed by atoms with Crippen LogP contribution in [0.25, 0.3) is 88.4 Å². The molecule has 0 aliphatic heterocycles. The van der Waals surface area contributed by atoms with E-state index in [2.05, 4.69) is 251 Å². The molecule has 12 aromatic rings. The monoisotopic (exact) mass is 935 g/mol. The lowest BCUT2D eigenvalue weighted by Gasteiger charge is -2.52. The second-order valence-corrected chi connectivity index (χ2v) is 21.6. The maximum Gasteiger partial charge on any atom is 0.0562 e. The highest BCUT2D eigenvalue weighted by atomic mass is 15.1. The first-order valence-corrected chi connectivity index (χ1v) is 26.6. The van der Waals surface area contributed by atoms with Crippen LogP contribution in [0.2, 0.25) is 0 Å². The molecule has 4 aliphatic carbocycles. The van der Waals surface area contributed by atoms with E-state index in [4.69, 9.17) is 0 Å². The molecule has 0 radical (unpaired) electrons. The van der Waals surface area contributed by atoms with Gasteiger partial charge in [0, 0.05) is 49.7 Å². The van der Waals surface area contributed by atoms with Gasteiger partial charge >= 0.3 is 0 Å². The molecule has 3 heteroatoms. The fourth-order valence-electron chi connectivity index (χ4n) is 15.2. The van der Waals surface area contributed by atoms with Gasteiger partial charge in [-0.15, -0.1) is 0 Å². The van der Waals surface area contributed by atoms with Gasteiger partial charge in [0.25, 0.3) is 0 Å². The molecule has 73 heavy (non-hydrogen) atoms. The summed E-state index contributed by atoms with van der Waals surface area (Å²) in [5, 5.41) is 4.95. The summed E-state index contributed by atoms with van der Waals surface area (Å²) < 4.78 is 4.91. The van der Waals surface area contributed by atoms with Crippen molar-refractivity contribution in [2.45, 2.75) is 37.5 Å². The van der Waals surface area contributed by atoms with Gasteiger partial charge in [-0.1, -0.05) is 152 Å². The number of hydrogen-bond acceptors (Lipinski definition) is 1. The van der Waals surface area contributed by atoms with Crippen molar-refractivity contribution >= 4 is 60.7 Å². The van der Waals surface area contributed by atoms with Gasteiger partial charge in [0.15, 0.2) is 0 Å². The van der Waals surface area contributed by atoms with Crippen molar-refractivity contribution < 1.29 is 0 Å². The van der Waals surface area contributed by atoms with E-state index in [1.54, 1.807) is 11.1 Å². The summed E-state index contributed by atoms with van der Waals surface area (Å²) in [5.41, 5.74) is 21.6. The predicted molar refractivity (Wildman–Crippen MR) is 304 cm³/mol. The van der Waals surface area contributed by atoms with Crippen LogP contribution in [0, 0.1) is 23.7 Å². The van der Waals surface area contributed by atoms with Crippen molar-refractivity contribution in [2.75, 3.05) is 4.90 Å². The second kappa shape index (κ2) is 15.8. The Morgan fingerprint density at radius 3 is 1.79 bits per heavy atom. The summed E-state index contributed by atoms with van der Waals surface area (Å²) in [4.78, 5) is 2.50. The largest absolute Gasteiger partial charge is 0.310 e. The Labute approximate surface area is 426 Å². The third-order valence-electron chi connectivity index (χ3n) is 18.2. The van der Waals surface area contributed by atoms with Crippen LogP contribution >= 0.6 is 0 Å². The zero-order valence-electron chi connectivity index (χ0n) is 40.7. The highest BCUT2D eigenvalue weighted by Gasteiger charge is 2.61. The molecule has 348 valence electrons. The van der Waals surface area contributed by atoms with Crippen molar-refractivity contribution in [1.82, 2.24) is 9.13 Å². The van der Waals surface area contributed by atoms with Gasteiger partial charge in [0.2, 0.25) is 0 Å². The molecule has 4 aliphatic rings. The molecule has 5 atom stereocenters. The van der Waals surface area contributed by atoms with Gasteiger partial charge in [0.05, 0.1) is 27.8 Å². The third-order valence-corrected chi connectivity index (χ3v) is 18.2. The van der Waals surface area contributed by atoms with Crippen LogP contribution in [0.5, 0.6) is 0 Å². The van der Waals surface area contributed by atoms with Crippen LogP contribution < -0.4 is 4.90 Å². The van der Waals surface area contributed by atoms with Crippen molar-refractivity contribution in [3.63, 3.8) is 0 Å². The molecule has 3 saturated carbocycles. The zero-order chi connectivity index (χ0) is 47.8. The lowest BCUT2D eigenvalue weighted by molar-refractivity contribution is 0.0400. The first-order valence-electron chi connectivity index (χ1n) is 26.6. The Balaban J connectivity index is 0.934. The molecular formula is C70H53N3. The lowest BCUT2D eigenvalue weighted by Crippen LogP contribution is -2.47. The minimum absolute atomic E-state index is 0.129. The number of anilines is 3. The smallest absolute Gasteiger partial charge is 0.0562 e. The van der Waals surface area contributed by atoms with Gasteiger partial charge in [0.1, 0.15) is 0 Å². The number of benzene rings is 10. The van der Waals surface area contributed by atoms with E-state index in [1.807, 2.05) is 0 Å². The van der Waals surface area contributed by atoms with E-state index in [-0.39, 0.29) is 5.41 Å². The molecule has 0 N–H and O–H groups in total. The minimum Gasteiger partial charge on any atom is -0.310 e. The molecule has 1 spiro atoms. The Bertz CT molecular complexity index is 4150. The van der Waals surface area contributed by atoms with E-state index >= 15 is 0 Å². The number of fused-ring (bicyclic) bond motifs is 13. The highest BCUT2D eigenvalue weighted by molar-refractivity contribution is 6.19. The van der Waals surface area contributed by atoms with Gasteiger partial charge in [-0.2, -0.15) is 0 Å².